The first-order chi connectivity index (χ1) is 16.1. The van der Waals surface area contributed by atoms with Gasteiger partial charge in [-0.05, 0) is 60.1 Å². The third-order valence-corrected chi connectivity index (χ3v) is 6.23. The molecule has 5 nitrogen and oxygen atoms in total. The number of rotatable bonds is 9. The monoisotopic (exact) mass is 463 g/mol. The fourth-order valence-corrected chi connectivity index (χ4v) is 4.22. The minimum absolute atomic E-state index is 0.145. The van der Waals surface area contributed by atoms with Crippen LogP contribution in [0.5, 0.6) is 5.75 Å². The maximum absolute atomic E-state index is 13.1. The lowest BCUT2D eigenvalue weighted by atomic mass is 9.93. The molecule has 1 aliphatic rings. The van der Waals surface area contributed by atoms with E-state index in [-0.39, 0.29) is 11.3 Å². The first-order valence-corrected chi connectivity index (χ1v) is 12.3. The van der Waals surface area contributed by atoms with E-state index >= 15 is 0 Å². The minimum Gasteiger partial charge on any atom is -0.507 e. The van der Waals surface area contributed by atoms with E-state index in [0.29, 0.717) is 30.6 Å². The van der Waals surface area contributed by atoms with Gasteiger partial charge < -0.3 is 14.7 Å². The van der Waals surface area contributed by atoms with Crippen LogP contribution >= 0.6 is 0 Å². The van der Waals surface area contributed by atoms with Gasteiger partial charge in [0.1, 0.15) is 11.5 Å². The van der Waals surface area contributed by atoms with Gasteiger partial charge in [0.2, 0.25) is 0 Å². The number of ether oxygens (including phenoxy) is 1. The Labute approximate surface area is 203 Å². The first-order valence-electron chi connectivity index (χ1n) is 12.3. The number of ketones is 1. The van der Waals surface area contributed by atoms with Gasteiger partial charge in [0.05, 0.1) is 18.2 Å². The maximum Gasteiger partial charge on any atom is 0.295 e. The van der Waals surface area contributed by atoms with Crippen LogP contribution in [0.4, 0.5) is 0 Å². The Hall–Kier alpha value is -3.08. The molecule has 1 saturated heterocycles. The van der Waals surface area contributed by atoms with Crippen molar-refractivity contribution in [2.45, 2.75) is 66.3 Å². The van der Waals surface area contributed by atoms with Crippen LogP contribution in [-0.4, -0.2) is 34.8 Å². The Morgan fingerprint density at radius 3 is 2.29 bits per heavy atom. The van der Waals surface area contributed by atoms with Crippen molar-refractivity contribution in [3.05, 3.63) is 70.3 Å². The fourth-order valence-electron chi connectivity index (χ4n) is 4.22. The van der Waals surface area contributed by atoms with Crippen LogP contribution in [0.15, 0.2) is 48.0 Å². The van der Waals surface area contributed by atoms with Crippen molar-refractivity contribution in [2.24, 2.45) is 5.92 Å². The number of aryl methyl sites for hydroxylation is 1. The highest BCUT2D eigenvalue weighted by Gasteiger charge is 2.45. The highest BCUT2D eigenvalue weighted by Crippen LogP contribution is 2.40. The molecule has 1 heterocycles. The van der Waals surface area contributed by atoms with Crippen molar-refractivity contribution in [1.29, 1.82) is 0 Å². The zero-order valence-corrected chi connectivity index (χ0v) is 21.2. The molecule has 0 saturated carbocycles. The molecule has 34 heavy (non-hydrogen) atoms. The Balaban J connectivity index is 2.07. The van der Waals surface area contributed by atoms with Gasteiger partial charge in [-0.15, -0.1) is 0 Å². The van der Waals surface area contributed by atoms with Crippen LogP contribution in [0.2, 0.25) is 0 Å². The third kappa shape index (κ3) is 5.35. The number of likely N-dealkylation sites (tertiary alicyclic amines) is 1. The van der Waals surface area contributed by atoms with Crippen molar-refractivity contribution in [3.63, 3.8) is 0 Å². The molecule has 0 radical (unpaired) electrons. The van der Waals surface area contributed by atoms with Gasteiger partial charge in [-0.2, -0.15) is 0 Å². The lowest BCUT2D eigenvalue weighted by Crippen LogP contribution is -2.30. The van der Waals surface area contributed by atoms with Gasteiger partial charge in [0, 0.05) is 12.1 Å². The lowest BCUT2D eigenvalue weighted by Gasteiger charge is -2.25. The largest absolute Gasteiger partial charge is 0.507 e. The average Bonchev–Trinajstić information content (AvgIpc) is 3.06. The number of hydrogen-bond donors (Lipinski definition) is 1. The van der Waals surface area contributed by atoms with Crippen LogP contribution in [0, 0.1) is 12.8 Å². The first kappa shape index (κ1) is 25.5. The van der Waals surface area contributed by atoms with Crippen LogP contribution in [0.1, 0.15) is 81.7 Å². The normalized spacial score (nSPS) is 17.8. The molecule has 1 fully saturated rings. The summed E-state index contributed by atoms with van der Waals surface area (Å²) in [5.74, 6) is 0.183. The molecule has 3 rings (SSSR count). The second-order valence-electron chi connectivity index (χ2n) is 9.85. The van der Waals surface area contributed by atoms with Crippen LogP contribution in [0.3, 0.4) is 0 Å². The summed E-state index contributed by atoms with van der Waals surface area (Å²) in [5, 5.41) is 11.3. The molecule has 5 heteroatoms. The Bertz CT molecular complexity index is 1070. The van der Waals surface area contributed by atoms with Crippen molar-refractivity contribution >= 4 is 17.4 Å². The summed E-state index contributed by atoms with van der Waals surface area (Å²) in [4.78, 5) is 27.8. The second-order valence-corrected chi connectivity index (χ2v) is 9.85. The predicted octanol–water partition coefficient (Wildman–Crippen LogP) is 6.38. The van der Waals surface area contributed by atoms with E-state index in [9.17, 15) is 14.7 Å². The number of amides is 1. The predicted molar refractivity (Wildman–Crippen MR) is 136 cm³/mol. The standard InChI is InChI=1S/C29H37NO4/c1-7-8-15-30-26(22-11-9-21(10-12-22)19(4)5)25(28(32)29(30)33)27(31)23-13-14-24(20(6)16-23)34-17-18(2)3/h9-14,16,18-19,26,31H,7-8,15,17H2,1-6H3/b27-25-. The van der Waals surface area contributed by atoms with E-state index < -0.39 is 17.7 Å². The highest BCUT2D eigenvalue weighted by atomic mass is 16.5. The summed E-state index contributed by atoms with van der Waals surface area (Å²) in [6.07, 6.45) is 1.69. The summed E-state index contributed by atoms with van der Waals surface area (Å²) in [7, 11) is 0. The van der Waals surface area contributed by atoms with Gasteiger partial charge in [-0.25, -0.2) is 0 Å². The molecule has 2 aromatic rings. The maximum atomic E-state index is 13.1. The number of carbonyl (C=O) groups excluding carboxylic acids is 2. The fraction of sp³-hybridized carbons (Fsp3) is 0.448. The molecule has 0 bridgehead atoms. The Morgan fingerprint density at radius 2 is 1.74 bits per heavy atom. The van der Waals surface area contributed by atoms with E-state index in [1.807, 2.05) is 43.3 Å². The summed E-state index contributed by atoms with van der Waals surface area (Å²) in [6.45, 7) is 13.4. The molecular formula is C29H37NO4. The molecule has 2 aromatic carbocycles. The Morgan fingerprint density at radius 1 is 1.06 bits per heavy atom. The molecule has 1 aliphatic heterocycles. The van der Waals surface area contributed by atoms with Gasteiger partial charge in [-0.1, -0.05) is 65.3 Å². The second kappa shape index (κ2) is 10.9. The van der Waals surface area contributed by atoms with E-state index in [1.54, 1.807) is 11.0 Å². The molecule has 0 aromatic heterocycles. The number of carbonyl (C=O) groups is 2. The molecule has 0 aliphatic carbocycles. The summed E-state index contributed by atoms with van der Waals surface area (Å²) in [6, 6.07) is 12.8. The number of Topliss-reactive ketones (excluding diaryl/α,β-unsaturated/α-hetero) is 1. The molecule has 1 amide bonds. The van der Waals surface area contributed by atoms with E-state index in [1.165, 1.54) is 5.56 Å². The van der Waals surface area contributed by atoms with Gasteiger partial charge >= 0.3 is 0 Å². The zero-order valence-electron chi connectivity index (χ0n) is 21.2. The number of aliphatic hydroxyl groups is 1. The zero-order chi connectivity index (χ0) is 25.0. The minimum atomic E-state index is -0.635. The quantitative estimate of drug-likeness (QED) is 0.266. The number of aliphatic hydroxyl groups excluding tert-OH is 1. The van der Waals surface area contributed by atoms with Crippen LogP contribution in [0.25, 0.3) is 5.76 Å². The highest BCUT2D eigenvalue weighted by molar-refractivity contribution is 6.46. The molecule has 1 atom stereocenters. The molecule has 1 unspecified atom stereocenters. The van der Waals surface area contributed by atoms with Gasteiger partial charge in [-0.3, -0.25) is 9.59 Å². The van der Waals surface area contributed by atoms with E-state index in [2.05, 4.69) is 34.6 Å². The average molecular weight is 464 g/mol. The van der Waals surface area contributed by atoms with Crippen molar-refractivity contribution in [2.75, 3.05) is 13.2 Å². The smallest absolute Gasteiger partial charge is 0.295 e. The van der Waals surface area contributed by atoms with Crippen molar-refractivity contribution < 1.29 is 19.4 Å². The van der Waals surface area contributed by atoms with Crippen LogP contribution < -0.4 is 4.74 Å². The molecule has 0 spiro atoms. The molecule has 182 valence electrons. The number of unbranched alkanes of at least 4 members (excludes halogenated alkanes) is 1. The molecular weight excluding hydrogens is 426 g/mol. The van der Waals surface area contributed by atoms with E-state index in [0.717, 1.165) is 29.7 Å². The van der Waals surface area contributed by atoms with Crippen molar-refractivity contribution in [1.82, 2.24) is 4.90 Å². The summed E-state index contributed by atoms with van der Waals surface area (Å²) < 4.78 is 5.85. The summed E-state index contributed by atoms with van der Waals surface area (Å²) in [5.41, 5.74) is 3.53. The SMILES string of the molecule is CCCCN1C(=O)C(=O)/C(=C(\O)c2ccc(OCC(C)C)c(C)c2)C1c1ccc(C(C)C)cc1. The number of benzene rings is 2. The third-order valence-electron chi connectivity index (χ3n) is 6.23. The van der Waals surface area contributed by atoms with Gasteiger partial charge in [0.25, 0.3) is 11.7 Å². The molecule has 1 N–H and O–H groups in total. The number of nitrogens with zero attached hydrogens (tertiary/aromatic N) is 1. The van der Waals surface area contributed by atoms with Gasteiger partial charge in [0.15, 0.2) is 0 Å². The summed E-state index contributed by atoms with van der Waals surface area (Å²) >= 11 is 0. The van der Waals surface area contributed by atoms with Crippen LogP contribution in [-0.2, 0) is 9.59 Å². The van der Waals surface area contributed by atoms with E-state index in [4.69, 9.17) is 4.74 Å². The lowest BCUT2D eigenvalue weighted by molar-refractivity contribution is -0.139. The van der Waals surface area contributed by atoms with Crippen molar-refractivity contribution in [3.8, 4) is 5.75 Å². The Kier molecular flexibility index (Phi) is 8.19. The number of hydrogen-bond acceptors (Lipinski definition) is 4. The topological polar surface area (TPSA) is 66.8 Å².